The van der Waals surface area contributed by atoms with Crippen LogP contribution in [0.1, 0.15) is 91.9 Å². The fourth-order valence-electron chi connectivity index (χ4n) is 7.32. The van der Waals surface area contributed by atoms with Crippen molar-refractivity contribution < 1.29 is 4.79 Å². The Kier molecular flexibility index (Phi) is 4.56. The molecule has 1 amide bonds. The molecule has 2 saturated carbocycles. The third-order valence-electron chi connectivity index (χ3n) is 9.12. The highest BCUT2D eigenvalue weighted by atomic mass is 16.2. The van der Waals surface area contributed by atoms with E-state index in [2.05, 4.69) is 38.7 Å². The van der Waals surface area contributed by atoms with Gasteiger partial charge in [0.25, 0.3) is 0 Å². The summed E-state index contributed by atoms with van der Waals surface area (Å²) in [5.41, 5.74) is 2.38. The first kappa shape index (κ1) is 18.6. The Morgan fingerprint density at radius 3 is 2.54 bits per heavy atom. The minimum Gasteiger partial charge on any atom is -0.342 e. The van der Waals surface area contributed by atoms with E-state index in [0.29, 0.717) is 17.2 Å². The summed E-state index contributed by atoms with van der Waals surface area (Å²) < 4.78 is 0. The maximum Gasteiger partial charge on any atom is 0.228 e. The zero-order valence-electron chi connectivity index (χ0n) is 17.6. The van der Waals surface area contributed by atoms with E-state index in [1.807, 2.05) is 0 Å². The number of carbonyl (C=O) groups is 1. The number of rotatable bonds is 2. The molecule has 0 aromatic rings. The van der Waals surface area contributed by atoms with Crippen molar-refractivity contribution in [2.75, 3.05) is 13.1 Å². The van der Waals surface area contributed by atoms with Gasteiger partial charge in [0.2, 0.25) is 5.91 Å². The Morgan fingerprint density at radius 1 is 1.12 bits per heavy atom. The van der Waals surface area contributed by atoms with Crippen LogP contribution in [-0.2, 0) is 4.79 Å². The molecule has 0 spiro atoms. The smallest absolute Gasteiger partial charge is 0.228 e. The molecule has 1 heterocycles. The number of hydrogen-bond donors (Lipinski definition) is 0. The average Bonchev–Trinajstić information content (AvgIpc) is 3.15. The van der Waals surface area contributed by atoms with Crippen LogP contribution in [0.3, 0.4) is 0 Å². The molecule has 2 heteroatoms. The first-order chi connectivity index (χ1) is 12.3. The van der Waals surface area contributed by atoms with Gasteiger partial charge < -0.3 is 4.90 Å². The molecule has 146 valence electrons. The van der Waals surface area contributed by atoms with Crippen LogP contribution in [0, 0.1) is 28.1 Å². The number of allylic oxidation sites excluding steroid dienone is 2. The van der Waals surface area contributed by atoms with Gasteiger partial charge >= 0.3 is 0 Å². The molecule has 2 nitrogen and oxygen atoms in total. The lowest BCUT2D eigenvalue weighted by Gasteiger charge is -2.59. The Morgan fingerprint density at radius 2 is 1.85 bits per heavy atom. The molecule has 0 bridgehead atoms. The third kappa shape index (κ3) is 2.69. The topological polar surface area (TPSA) is 20.3 Å². The van der Waals surface area contributed by atoms with Crippen molar-refractivity contribution in [3.63, 3.8) is 0 Å². The van der Waals surface area contributed by atoms with Crippen molar-refractivity contribution >= 4 is 5.91 Å². The first-order valence-electron chi connectivity index (χ1n) is 11.3. The van der Waals surface area contributed by atoms with Crippen molar-refractivity contribution in [2.24, 2.45) is 28.1 Å². The minimum atomic E-state index is -0.130. The van der Waals surface area contributed by atoms with Crippen LogP contribution >= 0.6 is 0 Å². The summed E-state index contributed by atoms with van der Waals surface area (Å²) in [6.45, 7) is 11.7. The van der Waals surface area contributed by atoms with Gasteiger partial charge in [-0.25, -0.2) is 0 Å². The number of carbonyl (C=O) groups excluding carboxylic acids is 1. The van der Waals surface area contributed by atoms with Crippen LogP contribution < -0.4 is 0 Å². The van der Waals surface area contributed by atoms with Crippen LogP contribution in [0.2, 0.25) is 0 Å². The Labute approximate surface area is 160 Å². The van der Waals surface area contributed by atoms with Crippen LogP contribution in [-0.4, -0.2) is 23.9 Å². The summed E-state index contributed by atoms with van der Waals surface area (Å²) in [5.74, 6) is 1.81. The summed E-state index contributed by atoms with van der Waals surface area (Å²) in [7, 11) is 0. The van der Waals surface area contributed by atoms with Crippen LogP contribution in [0.15, 0.2) is 11.6 Å². The fraction of sp³-hybridized carbons (Fsp3) is 0.875. The van der Waals surface area contributed by atoms with E-state index in [1.54, 1.807) is 5.57 Å². The molecule has 5 atom stereocenters. The SMILES string of the molecule is CC[C@@]1(C)CC=C2C(CCC3[C@](C)(C(=O)N4CCCC4)CCC[C@@]23C)C1. The molecule has 26 heavy (non-hydrogen) atoms. The van der Waals surface area contributed by atoms with Gasteiger partial charge in [0.15, 0.2) is 0 Å². The third-order valence-corrected chi connectivity index (χ3v) is 9.12. The first-order valence-corrected chi connectivity index (χ1v) is 11.3. The number of likely N-dealkylation sites (tertiary alicyclic amines) is 1. The summed E-state index contributed by atoms with van der Waals surface area (Å²) in [4.78, 5) is 15.7. The molecule has 4 rings (SSSR count). The molecule has 3 fully saturated rings. The summed E-state index contributed by atoms with van der Waals surface area (Å²) in [5, 5.41) is 0. The molecule has 0 aromatic heterocycles. The second-order valence-corrected chi connectivity index (χ2v) is 10.7. The van der Waals surface area contributed by atoms with E-state index in [0.717, 1.165) is 25.4 Å². The van der Waals surface area contributed by atoms with Gasteiger partial charge in [0.05, 0.1) is 5.41 Å². The van der Waals surface area contributed by atoms with E-state index in [-0.39, 0.29) is 10.8 Å². The summed E-state index contributed by atoms with van der Waals surface area (Å²) in [6, 6.07) is 0. The van der Waals surface area contributed by atoms with E-state index >= 15 is 0 Å². The standard InChI is InChI=1S/C24H39NO/c1-5-22(2)14-11-19-18(17-22)9-10-20-23(19,3)12-8-13-24(20,4)21(26)25-15-6-7-16-25/h11,18,20H,5-10,12-17H2,1-4H3/t18?,20?,22-,23-,24+/m0/s1. The maximum atomic E-state index is 13.5. The van der Waals surface area contributed by atoms with E-state index in [4.69, 9.17) is 0 Å². The lowest BCUT2D eigenvalue weighted by atomic mass is 9.45. The molecule has 0 radical (unpaired) electrons. The lowest BCUT2D eigenvalue weighted by Crippen LogP contribution is -2.55. The van der Waals surface area contributed by atoms with Gasteiger partial charge in [-0.3, -0.25) is 4.79 Å². The van der Waals surface area contributed by atoms with Gasteiger partial charge in [0.1, 0.15) is 0 Å². The highest BCUT2D eigenvalue weighted by molar-refractivity contribution is 5.83. The zero-order valence-corrected chi connectivity index (χ0v) is 17.6. The Bertz CT molecular complexity index is 603. The molecule has 2 unspecified atom stereocenters. The van der Waals surface area contributed by atoms with Crippen LogP contribution in [0.5, 0.6) is 0 Å². The van der Waals surface area contributed by atoms with Crippen LogP contribution in [0.25, 0.3) is 0 Å². The van der Waals surface area contributed by atoms with Crippen molar-refractivity contribution in [1.29, 1.82) is 0 Å². The number of hydrogen-bond acceptors (Lipinski definition) is 1. The summed E-state index contributed by atoms with van der Waals surface area (Å²) >= 11 is 0. The Balaban J connectivity index is 1.65. The van der Waals surface area contributed by atoms with E-state index in [9.17, 15) is 4.79 Å². The summed E-state index contributed by atoms with van der Waals surface area (Å²) in [6.07, 6.45) is 15.1. The monoisotopic (exact) mass is 357 g/mol. The van der Waals surface area contributed by atoms with Gasteiger partial charge in [-0.15, -0.1) is 0 Å². The Hall–Kier alpha value is -0.790. The molecule has 1 saturated heterocycles. The van der Waals surface area contributed by atoms with Crippen molar-refractivity contribution in [2.45, 2.75) is 91.9 Å². The molecular formula is C24H39NO. The minimum absolute atomic E-state index is 0.130. The van der Waals surface area contributed by atoms with Crippen molar-refractivity contribution in [3.8, 4) is 0 Å². The van der Waals surface area contributed by atoms with Crippen LogP contribution in [0.4, 0.5) is 0 Å². The van der Waals surface area contributed by atoms with Crippen molar-refractivity contribution in [1.82, 2.24) is 4.90 Å². The normalized spacial score (nSPS) is 45.7. The number of nitrogens with zero attached hydrogens (tertiary/aromatic N) is 1. The number of amides is 1. The van der Waals surface area contributed by atoms with E-state index in [1.165, 1.54) is 57.8 Å². The molecule has 0 aromatic carbocycles. The molecule has 3 aliphatic carbocycles. The molecule has 1 aliphatic heterocycles. The quantitative estimate of drug-likeness (QED) is 0.558. The second kappa shape index (κ2) is 6.38. The van der Waals surface area contributed by atoms with Gasteiger partial charge in [0, 0.05) is 13.1 Å². The molecular weight excluding hydrogens is 318 g/mol. The predicted octanol–water partition coefficient (Wildman–Crippen LogP) is 5.97. The molecule has 0 N–H and O–H groups in total. The fourth-order valence-corrected chi connectivity index (χ4v) is 7.32. The largest absolute Gasteiger partial charge is 0.342 e. The second-order valence-electron chi connectivity index (χ2n) is 10.7. The maximum absolute atomic E-state index is 13.5. The van der Waals surface area contributed by atoms with Crippen molar-refractivity contribution in [3.05, 3.63) is 11.6 Å². The van der Waals surface area contributed by atoms with Gasteiger partial charge in [-0.1, -0.05) is 52.2 Å². The average molecular weight is 358 g/mol. The van der Waals surface area contributed by atoms with Gasteiger partial charge in [-0.05, 0) is 74.0 Å². The highest BCUT2D eigenvalue weighted by Crippen LogP contribution is 2.64. The zero-order chi connectivity index (χ0) is 18.6. The lowest BCUT2D eigenvalue weighted by molar-refractivity contribution is -0.152. The van der Waals surface area contributed by atoms with E-state index < -0.39 is 0 Å². The van der Waals surface area contributed by atoms with Gasteiger partial charge in [-0.2, -0.15) is 0 Å². The predicted molar refractivity (Wildman–Crippen MR) is 108 cm³/mol. The molecule has 4 aliphatic rings. The highest BCUT2D eigenvalue weighted by Gasteiger charge is 2.58. The number of fused-ring (bicyclic) bond motifs is 3.